The number of hydrogen-bond donors (Lipinski definition) is 1. The largest absolute Gasteiger partial charge is 0.368 e. The van der Waals surface area contributed by atoms with Crippen molar-refractivity contribution in [2.24, 2.45) is 0 Å². The summed E-state index contributed by atoms with van der Waals surface area (Å²) in [6, 6.07) is 1.88. The summed E-state index contributed by atoms with van der Waals surface area (Å²) in [7, 11) is 0. The average molecular weight is 208 g/mol. The third-order valence-corrected chi connectivity index (χ3v) is 2.83. The first-order chi connectivity index (χ1) is 6.70. The van der Waals surface area contributed by atoms with Crippen LogP contribution in [0.3, 0.4) is 0 Å². The molecule has 0 aliphatic heterocycles. The number of carbonyl (C=O) groups is 1. The van der Waals surface area contributed by atoms with Crippen LogP contribution in [0.2, 0.25) is 0 Å². The van der Waals surface area contributed by atoms with Crippen molar-refractivity contribution >= 4 is 23.2 Å². The first-order valence-electron chi connectivity index (χ1n) is 3.94. The number of thiophene rings is 1. The summed E-state index contributed by atoms with van der Waals surface area (Å²) in [6.45, 7) is 1.87. The Bertz CT molecular complexity index is 431. The molecular formula is C8H8N4OS. The maximum absolute atomic E-state index is 11.8. The minimum absolute atomic E-state index is 0.114. The molecule has 0 aliphatic rings. The molecule has 0 aromatic carbocycles. The fourth-order valence-electron chi connectivity index (χ4n) is 1.09. The van der Waals surface area contributed by atoms with Gasteiger partial charge in [-0.15, -0.1) is 11.3 Å². The normalized spacial score (nSPS) is 10.4. The molecule has 0 fully saturated rings. The number of aromatic nitrogens is 3. The first kappa shape index (κ1) is 8.89. The first-order valence-corrected chi connectivity index (χ1v) is 4.82. The van der Waals surface area contributed by atoms with Gasteiger partial charge in [-0.2, -0.15) is 14.8 Å². The van der Waals surface area contributed by atoms with E-state index in [4.69, 9.17) is 5.73 Å². The minimum atomic E-state index is -0.229. The zero-order valence-electron chi connectivity index (χ0n) is 7.47. The Kier molecular flexibility index (Phi) is 2.05. The molecule has 0 atom stereocenters. The van der Waals surface area contributed by atoms with E-state index in [1.807, 2.05) is 18.4 Å². The van der Waals surface area contributed by atoms with E-state index in [0.717, 1.165) is 10.2 Å². The van der Waals surface area contributed by atoms with Gasteiger partial charge < -0.3 is 5.73 Å². The molecule has 0 unspecified atom stereocenters. The van der Waals surface area contributed by atoms with E-state index in [9.17, 15) is 4.79 Å². The van der Waals surface area contributed by atoms with Crippen molar-refractivity contribution in [3.8, 4) is 0 Å². The lowest BCUT2D eigenvalue weighted by Crippen LogP contribution is -2.15. The SMILES string of the molecule is Cc1ccsc1C(=O)n1ncnc1N. The van der Waals surface area contributed by atoms with Crippen molar-refractivity contribution in [3.63, 3.8) is 0 Å². The third-order valence-electron chi connectivity index (χ3n) is 1.82. The summed E-state index contributed by atoms with van der Waals surface area (Å²) in [5.41, 5.74) is 6.40. The number of carbonyl (C=O) groups excluding carboxylic acids is 1. The summed E-state index contributed by atoms with van der Waals surface area (Å²) in [5.74, 6) is -0.115. The monoisotopic (exact) mass is 208 g/mol. The topological polar surface area (TPSA) is 73.8 Å². The van der Waals surface area contributed by atoms with E-state index in [-0.39, 0.29) is 11.9 Å². The van der Waals surface area contributed by atoms with Crippen molar-refractivity contribution in [2.75, 3.05) is 5.73 Å². The molecule has 2 heterocycles. The smallest absolute Gasteiger partial charge is 0.291 e. The molecule has 72 valence electrons. The predicted molar refractivity (Wildman–Crippen MR) is 53.2 cm³/mol. The highest BCUT2D eigenvalue weighted by atomic mass is 32.1. The quantitative estimate of drug-likeness (QED) is 0.756. The molecule has 2 aromatic heterocycles. The molecule has 0 bridgehead atoms. The molecule has 0 radical (unpaired) electrons. The number of aryl methyl sites for hydroxylation is 1. The molecular weight excluding hydrogens is 200 g/mol. The van der Waals surface area contributed by atoms with Gasteiger partial charge in [0.15, 0.2) is 0 Å². The Morgan fingerprint density at radius 3 is 2.93 bits per heavy atom. The molecule has 14 heavy (non-hydrogen) atoms. The number of rotatable bonds is 1. The zero-order valence-corrected chi connectivity index (χ0v) is 8.28. The lowest BCUT2D eigenvalue weighted by atomic mass is 10.3. The van der Waals surface area contributed by atoms with Gasteiger partial charge in [-0.3, -0.25) is 4.79 Å². The van der Waals surface area contributed by atoms with Crippen LogP contribution in [0.15, 0.2) is 17.8 Å². The fraction of sp³-hybridized carbons (Fsp3) is 0.125. The molecule has 0 saturated carbocycles. The van der Waals surface area contributed by atoms with Crippen LogP contribution in [0, 0.1) is 6.92 Å². The van der Waals surface area contributed by atoms with Crippen LogP contribution >= 0.6 is 11.3 Å². The Hall–Kier alpha value is -1.69. The van der Waals surface area contributed by atoms with Crippen molar-refractivity contribution in [1.29, 1.82) is 0 Å². The van der Waals surface area contributed by atoms with E-state index < -0.39 is 0 Å². The second-order valence-electron chi connectivity index (χ2n) is 2.77. The Balaban J connectivity index is 2.44. The number of hydrogen-bond acceptors (Lipinski definition) is 5. The summed E-state index contributed by atoms with van der Waals surface area (Å²) in [5, 5.41) is 5.61. The third kappa shape index (κ3) is 1.29. The zero-order chi connectivity index (χ0) is 10.1. The van der Waals surface area contributed by atoms with Gasteiger partial charge in [0.25, 0.3) is 5.91 Å². The number of nitrogens with zero attached hydrogens (tertiary/aromatic N) is 3. The van der Waals surface area contributed by atoms with E-state index in [1.54, 1.807) is 0 Å². The van der Waals surface area contributed by atoms with Crippen LogP contribution in [-0.4, -0.2) is 20.7 Å². The van der Waals surface area contributed by atoms with Crippen LogP contribution in [0.25, 0.3) is 0 Å². The van der Waals surface area contributed by atoms with Crippen molar-refractivity contribution in [3.05, 3.63) is 28.2 Å². The number of anilines is 1. The van der Waals surface area contributed by atoms with Crippen LogP contribution in [-0.2, 0) is 0 Å². The van der Waals surface area contributed by atoms with E-state index >= 15 is 0 Å². The highest BCUT2D eigenvalue weighted by Crippen LogP contribution is 2.17. The van der Waals surface area contributed by atoms with Gasteiger partial charge in [-0.25, -0.2) is 0 Å². The van der Waals surface area contributed by atoms with Gasteiger partial charge in [-0.05, 0) is 23.9 Å². The van der Waals surface area contributed by atoms with Crippen molar-refractivity contribution < 1.29 is 4.79 Å². The summed E-state index contributed by atoms with van der Waals surface area (Å²) < 4.78 is 1.10. The van der Waals surface area contributed by atoms with Crippen molar-refractivity contribution in [2.45, 2.75) is 6.92 Å². The van der Waals surface area contributed by atoms with Crippen molar-refractivity contribution in [1.82, 2.24) is 14.8 Å². The highest BCUT2D eigenvalue weighted by Gasteiger charge is 2.15. The molecule has 6 heteroatoms. The number of nitrogens with two attached hydrogens (primary N) is 1. The maximum atomic E-state index is 11.8. The molecule has 0 spiro atoms. The highest BCUT2D eigenvalue weighted by molar-refractivity contribution is 7.12. The van der Waals surface area contributed by atoms with Gasteiger partial charge in [0.05, 0.1) is 4.88 Å². The Morgan fingerprint density at radius 1 is 1.64 bits per heavy atom. The lowest BCUT2D eigenvalue weighted by Gasteiger charge is -1.99. The van der Waals surface area contributed by atoms with Crippen LogP contribution in [0.4, 0.5) is 5.95 Å². The average Bonchev–Trinajstić information content (AvgIpc) is 2.73. The van der Waals surface area contributed by atoms with E-state index in [2.05, 4.69) is 10.1 Å². The molecule has 2 N–H and O–H groups in total. The maximum Gasteiger partial charge on any atom is 0.291 e. The Labute approximate surface area is 84.2 Å². The molecule has 0 saturated heterocycles. The fourth-order valence-corrected chi connectivity index (χ4v) is 1.94. The van der Waals surface area contributed by atoms with E-state index in [1.165, 1.54) is 17.7 Å². The summed E-state index contributed by atoms with van der Waals surface area (Å²) in [6.07, 6.45) is 1.26. The van der Waals surface area contributed by atoms with Crippen LogP contribution in [0.5, 0.6) is 0 Å². The van der Waals surface area contributed by atoms with Crippen LogP contribution < -0.4 is 5.73 Å². The van der Waals surface area contributed by atoms with Gasteiger partial charge in [0.1, 0.15) is 6.33 Å². The standard InChI is InChI=1S/C8H8N4OS/c1-5-2-3-14-6(5)7(13)12-8(9)10-4-11-12/h2-4H,1H3,(H2,9,10,11). The van der Waals surface area contributed by atoms with Gasteiger partial charge in [0.2, 0.25) is 5.95 Å². The lowest BCUT2D eigenvalue weighted by molar-refractivity contribution is 0.0951. The number of nitrogen functional groups attached to an aromatic ring is 1. The molecule has 0 amide bonds. The van der Waals surface area contributed by atoms with Crippen LogP contribution in [0.1, 0.15) is 15.2 Å². The van der Waals surface area contributed by atoms with Gasteiger partial charge in [0, 0.05) is 0 Å². The second-order valence-corrected chi connectivity index (χ2v) is 3.68. The molecule has 2 aromatic rings. The Morgan fingerprint density at radius 2 is 2.43 bits per heavy atom. The summed E-state index contributed by atoms with van der Waals surface area (Å²) in [4.78, 5) is 16.1. The van der Waals surface area contributed by atoms with Gasteiger partial charge >= 0.3 is 0 Å². The predicted octanol–water partition coefficient (Wildman–Crippen LogP) is 0.919. The summed E-state index contributed by atoms with van der Waals surface area (Å²) >= 11 is 1.37. The van der Waals surface area contributed by atoms with Gasteiger partial charge in [-0.1, -0.05) is 0 Å². The molecule has 0 aliphatic carbocycles. The minimum Gasteiger partial charge on any atom is -0.368 e. The molecule has 2 rings (SSSR count). The van der Waals surface area contributed by atoms with E-state index in [0.29, 0.717) is 4.88 Å². The second kappa shape index (κ2) is 3.22. The molecule has 5 nitrogen and oxygen atoms in total.